The Morgan fingerprint density at radius 2 is 1.31 bits per heavy atom. The molecule has 0 aliphatic heterocycles. The summed E-state index contributed by atoms with van der Waals surface area (Å²) >= 11 is 3.72. The molecule has 0 saturated carbocycles. The van der Waals surface area contributed by atoms with Crippen LogP contribution in [0, 0.1) is 0 Å². The number of rotatable bonds is 4. The van der Waals surface area contributed by atoms with Crippen molar-refractivity contribution >= 4 is 11.6 Å². The van der Waals surface area contributed by atoms with Crippen molar-refractivity contribution in [1.82, 2.24) is 0 Å². The van der Waals surface area contributed by atoms with Gasteiger partial charge in [-0.3, -0.25) is 4.74 Å². The van der Waals surface area contributed by atoms with Crippen LogP contribution in [0.4, 0.5) is 35.1 Å². The Morgan fingerprint density at radius 1 is 0.938 bits per heavy atom. The van der Waals surface area contributed by atoms with Gasteiger partial charge in [-0.15, -0.1) is 0 Å². The van der Waals surface area contributed by atoms with Crippen LogP contribution in [-0.4, -0.2) is 35.2 Å². The van der Waals surface area contributed by atoms with Crippen molar-refractivity contribution in [3.05, 3.63) is 0 Å². The molecule has 0 aromatic heterocycles. The van der Waals surface area contributed by atoms with Crippen LogP contribution in [0.5, 0.6) is 0 Å². The smallest absolute Gasteiger partial charge is 0.387 e. The normalized spacial score (nSPS) is 18.4. The largest absolute Gasteiger partial charge is 0.456 e. The van der Waals surface area contributed by atoms with Crippen LogP contribution in [0.3, 0.4) is 0 Å². The van der Waals surface area contributed by atoms with Gasteiger partial charge in [0.2, 0.25) is 0 Å². The summed E-state index contributed by atoms with van der Waals surface area (Å²) in [4.78, 5) is 0. The Bertz CT molecular complexity index is 232. The van der Waals surface area contributed by atoms with Crippen LogP contribution in [0.15, 0.2) is 0 Å². The number of alkyl halides is 9. The van der Waals surface area contributed by atoms with E-state index in [-0.39, 0.29) is 0 Å². The first kappa shape index (κ1) is 15.7. The molecule has 98 valence electrons. The predicted molar refractivity (Wildman–Crippen MR) is 33.8 cm³/mol. The van der Waals surface area contributed by atoms with Crippen molar-refractivity contribution in [3.63, 3.8) is 0 Å². The van der Waals surface area contributed by atoms with E-state index in [2.05, 4.69) is 16.3 Å². The van der Waals surface area contributed by atoms with E-state index in [0.717, 1.165) is 0 Å². The molecular formula is C5H3ClF8O2. The summed E-state index contributed by atoms with van der Waals surface area (Å²) in [6.07, 6.45) is -11.7. The van der Waals surface area contributed by atoms with Crippen LogP contribution in [0.1, 0.15) is 0 Å². The highest BCUT2D eigenvalue weighted by molar-refractivity contribution is 6.22. The highest BCUT2D eigenvalue weighted by Crippen LogP contribution is 2.50. The maximum atomic E-state index is 12.7. The molecule has 0 fully saturated rings. The van der Waals surface area contributed by atoms with Crippen molar-refractivity contribution < 1.29 is 45.0 Å². The van der Waals surface area contributed by atoms with Gasteiger partial charge in [-0.25, -0.2) is 0 Å². The molecule has 0 saturated heterocycles. The van der Waals surface area contributed by atoms with E-state index in [0.29, 0.717) is 0 Å². The molecule has 0 spiro atoms. The maximum Gasteiger partial charge on any atom is 0.456 e. The van der Waals surface area contributed by atoms with Crippen molar-refractivity contribution in [2.24, 2.45) is 0 Å². The summed E-state index contributed by atoms with van der Waals surface area (Å²) in [7, 11) is 0. The van der Waals surface area contributed by atoms with E-state index in [1.165, 1.54) is 0 Å². The fourth-order valence-electron chi connectivity index (χ4n) is 0.514. The molecule has 2 nitrogen and oxygen atoms in total. The zero-order valence-electron chi connectivity index (χ0n) is 6.96. The third-order valence-electron chi connectivity index (χ3n) is 1.20. The quantitative estimate of drug-likeness (QED) is 0.634. The van der Waals surface area contributed by atoms with Gasteiger partial charge in [0, 0.05) is 0 Å². The lowest BCUT2D eigenvalue weighted by Gasteiger charge is -2.33. The summed E-state index contributed by atoms with van der Waals surface area (Å²) in [5, 5.41) is 2.00. The lowest BCUT2D eigenvalue weighted by atomic mass is 10.3. The van der Waals surface area contributed by atoms with Gasteiger partial charge < -0.3 is 5.11 Å². The lowest BCUT2D eigenvalue weighted by Crippen LogP contribution is -2.58. The van der Waals surface area contributed by atoms with Gasteiger partial charge in [0.25, 0.3) is 0 Å². The molecule has 0 radical (unpaired) electrons. The number of aliphatic hydroxyl groups excluding tert-OH is 1. The first-order chi connectivity index (χ1) is 6.77. The first-order valence-corrected chi connectivity index (χ1v) is 3.66. The van der Waals surface area contributed by atoms with E-state index >= 15 is 0 Å². The Balaban J connectivity index is 5.30. The van der Waals surface area contributed by atoms with Crippen LogP contribution in [0.2, 0.25) is 0 Å². The molecule has 0 amide bonds. The fourth-order valence-corrected chi connectivity index (χ4v) is 0.660. The standard InChI is InChI=1S/C5H3ClF8O2/c6-4(10,11)3(9,5(12,13)14)16-2(7,8)1-15/h15H,1H2. The molecule has 1 atom stereocenters. The molecule has 0 aromatic carbocycles. The summed E-state index contributed by atoms with van der Waals surface area (Å²) in [5.41, 5.74) is 0. The summed E-state index contributed by atoms with van der Waals surface area (Å²) in [6, 6.07) is 0. The van der Waals surface area contributed by atoms with E-state index < -0.39 is 30.1 Å². The average molecular weight is 283 g/mol. The van der Waals surface area contributed by atoms with Crippen LogP contribution < -0.4 is 0 Å². The third kappa shape index (κ3) is 3.08. The molecule has 16 heavy (non-hydrogen) atoms. The molecular weight excluding hydrogens is 279 g/mol. The van der Waals surface area contributed by atoms with Crippen LogP contribution >= 0.6 is 11.6 Å². The number of halogens is 9. The molecule has 0 aromatic rings. The maximum absolute atomic E-state index is 12.7. The van der Waals surface area contributed by atoms with Gasteiger partial charge in [0.1, 0.15) is 6.61 Å². The van der Waals surface area contributed by atoms with Gasteiger partial charge in [0.05, 0.1) is 0 Å². The molecule has 0 bridgehead atoms. The second-order valence-corrected chi connectivity index (χ2v) is 2.96. The minimum Gasteiger partial charge on any atom is -0.387 e. The number of hydrogen-bond acceptors (Lipinski definition) is 2. The van der Waals surface area contributed by atoms with E-state index in [4.69, 9.17) is 5.11 Å². The Morgan fingerprint density at radius 3 is 1.50 bits per heavy atom. The van der Waals surface area contributed by atoms with Crippen molar-refractivity contribution in [2.45, 2.75) is 23.5 Å². The fraction of sp³-hybridized carbons (Fsp3) is 1.00. The second-order valence-electron chi connectivity index (χ2n) is 2.49. The molecule has 0 aliphatic rings. The third-order valence-corrected chi connectivity index (χ3v) is 1.45. The lowest BCUT2D eigenvalue weighted by molar-refractivity contribution is -0.448. The summed E-state index contributed by atoms with van der Waals surface area (Å²) in [6.45, 7) is -2.43. The van der Waals surface area contributed by atoms with E-state index in [9.17, 15) is 35.1 Å². The first-order valence-electron chi connectivity index (χ1n) is 3.28. The van der Waals surface area contributed by atoms with Crippen molar-refractivity contribution in [1.29, 1.82) is 0 Å². The predicted octanol–water partition coefficient (Wildman–Crippen LogP) is 2.65. The summed E-state index contributed by atoms with van der Waals surface area (Å²) < 4.78 is 98.6. The minimum atomic E-state index is -6.52. The van der Waals surface area contributed by atoms with E-state index in [1.807, 2.05) is 0 Å². The van der Waals surface area contributed by atoms with Crippen LogP contribution in [-0.2, 0) is 4.74 Å². The molecule has 1 unspecified atom stereocenters. The molecule has 11 heteroatoms. The molecule has 0 aliphatic carbocycles. The van der Waals surface area contributed by atoms with E-state index in [1.54, 1.807) is 0 Å². The summed E-state index contributed by atoms with van der Waals surface area (Å²) in [5.74, 6) is -6.12. The van der Waals surface area contributed by atoms with Crippen molar-refractivity contribution in [3.8, 4) is 0 Å². The second kappa shape index (κ2) is 4.15. The molecule has 1 N–H and O–H groups in total. The molecule has 0 rings (SSSR count). The van der Waals surface area contributed by atoms with Crippen LogP contribution in [0.25, 0.3) is 0 Å². The Labute approximate surface area is 87.7 Å². The number of ether oxygens (including phenoxy) is 1. The Hall–Kier alpha value is -0.350. The SMILES string of the molecule is OCC(F)(F)OC(F)(C(F)(F)F)C(F)(F)Cl. The average Bonchev–Trinajstić information content (AvgIpc) is 1.99. The van der Waals surface area contributed by atoms with Gasteiger partial charge in [-0.2, -0.15) is 35.1 Å². The number of aliphatic hydroxyl groups is 1. The molecule has 0 heterocycles. The Kier molecular flexibility index (Phi) is 4.06. The highest BCUT2D eigenvalue weighted by atomic mass is 35.5. The zero-order valence-corrected chi connectivity index (χ0v) is 7.72. The monoisotopic (exact) mass is 282 g/mol. The van der Waals surface area contributed by atoms with Gasteiger partial charge in [-0.1, -0.05) is 0 Å². The van der Waals surface area contributed by atoms with Gasteiger partial charge in [0.15, 0.2) is 0 Å². The van der Waals surface area contributed by atoms with Crippen molar-refractivity contribution in [2.75, 3.05) is 6.61 Å². The zero-order chi connectivity index (χ0) is 13.4. The van der Waals surface area contributed by atoms with Gasteiger partial charge >= 0.3 is 23.5 Å². The highest BCUT2D eigenvalue weighted by Gasteiger charge is 2.75. The van der Waals surface area contributed by atoms with Gasteiger partial charge in [-0.05, 0) is 11.6 Å². The topological polar surface area (TPSA) is 29.5 Å². The minimum absolute atomic E-state index is 2.25. The number of hydrogen-bond donors (Lipinski definition) is 1.